The Kier molecular flexibility index (Phi) is 3.38. The molecule has 0 aliphatic heterocycles. The van der Waals surface area contributed by atoms with Crippen LogP contribution in [0, 0.1) is 13.8 Å². The highest BCUT2D eigenvalue weighted by atomic mass is 79.9. The first-order valence-corrected chi connectivity index (χ1v) is 6.25. The van der Waals surface area contributed by atoms with Crippen LogP contribution in [0.4, 0.5) is 17.1 Å². The number of benzene rings is 2. The van der Waals surface area contributed by atoms with Gasteiger partial charge < -0.3 is 11.1 Å². The highest BCUT2D eigenvalue weighted by molar-refractivity contribution is 9.10. The van der Waals surface area contributed by atoms with Crippen molar-refractivity contribution < 1.29 is 0 Å². The Morgan fingerprint density at radius 3 is 2.47 bits per heavy atom. The molecule has 0 spiro atoms. The van der Waals surface area contributed by atoms with Crippen LogP contribution < -0.4 is 11.1 Å². The zero-order valence-corrected chi connectivity index (χ0v) is 11.5. The van der Waals surface area contributed by atoms with Gasteiger partial charge >= 0.3 is 0 Å². The maximum absolute atomic E-state index is 5.92. The fraction of sp³-hybridized carbons (Fsp3) is 0.143. The van der Waals surface area contributed by atoms with Gasteiger partial charge in [0.1, 0.15) is 0 Å². The number of nitrogens with one attached hydrogen (secondary N) is 1. The summed E-state index contributed by atoms with van der Waals surface area (Å²) in [5, 5.41) is 3.33. The van der Waals surface area contributed by atoms with Gasteiger partial charge in [-0.3, -0.25) is 0 Å². The Hall–Kier alpha value is -1.48. The van der Waals surface area contributed by atoms with Crippen LogP contribution >= 0.6 is 15.9 Å². The van der Waals surface area contributed by atoms with Gasteiger partial charge in [0.25, 0.3) is 0 Å². The number of nitrogens with two attached hydrogens (primary N) is 1. The van der Waals surface area contributed by atoms with Crippen LogP contribution in [0.1, 0.15) is 11.1 Å². The first kappa shape index (κ1) is 12.0. The van der Waals surface area contributed by atoms with Crippen LogP contribution in [-0.4, -0.2) is 0 Å². The van der Waals surface area contributed by atoms with Gasteiger partial charge in [0.2, 0.25) is 0 Å². The van der Waals surface area contributed by atoms with Gasteiger partial charge in [0.05, 0.1) is 11.4 Å². The van der Waals surface area contributed by atoms with Crippen molar-refractivity contribution in [2.24, 2.45) is 0 Å². The van der Waals surface area contributed by atoms with E-state index in [0.717, 1.165) is 21.5 Å². The quantitative estimate of drug-likeness (QED) is 0.805. The van der Waals surface area contributed by atoms with Crippen molar-refractivity contribution in [1.29, 1.82) is 0 Å². The Balaban J connectivity index is 2.31. The van der Waals surface area contributed by atoms with E-state index in [-0.39, 0.29) is 0 Å². The normalized spacial score (nSPS) is 10.3. The molecule has 2 aromatic rings. The molecule has 2 nitrogen and oxygen atoms in total. The van der Waals surface area contributed by atoms with Crippen molar-refractivity contribution in [3.63, 3.8) is 0 Å². The maximum Gasteiger partial charge on any atom is 0.0629 e. The number of anilines is 3. The van der Waals surface area contributed by atoms with Gasteiger partial charge in [-0.05, 0) is 55.3 Å². The summed E-state index contributed by atoms with van der Waals surface area (Å²) in [5.74, 6) is 0. The molecule has 17 heavy (non-hydrogen) atoms. The predicted molar refractivity (Wildman–Crippen MR) is 77.8 cm³/mol. The standard InChI is InChI=1S/C14H15BrN2/c1-9-3-5-12(7-10(9)2)17-14-8-11(15)4-6-13(14)16/h3-8,17H,16H2,1-2H3. The Labute approximate surface area is 110 Å². The van der Waals surface area contributed by atoms with Gasteiger partial charge in [0.15, 0.2) is 0 Å². The smallest absolute Gasteiger partial charge is 0.0629 e. The fourth-order valence-corrected chi connectivity index (χ4v) is 1.97. The molecular weight excluding hydrogens is 276 g/mol. The first-order chi connectivity index (χ1) is 8.06. The first-order valence-electron chi connectivity index (χ1n) is 5.45. The van der Waals surface area contributed by atoms with Crippen molar-refractivity contribution in [3.05, 3.63) is 52.0 Å². The van der Waals surface area contributed by atoms with Crippen molar-refractivity contribution in [2.45, 2.75) is 13.8 Å². The molecule has 0 radical (unpaired) electrons. The van der Waals surface area contributed by atoms with Crippen molar-refractivity contribution in [3.8, 4) is 0 Å². The molecule has 3 heteroatoms. The molecule has 0 amide bonds. The second-order valence-electron chi connectivity index (χ2n) is 4.16. The van der Waals surface area contributed by atoms with E-state index in [1.165, 1.54) is 11.1 Å². The number of nitrogen functional groups attached to an aromatic ring is 1. The SMILES string of the molecule is Cc1ccc(Nc2cc(Br)ccc2N)cc1C. The summed E-state index contributed by atoms with van der Waals surface area (Å²) in [5.41, 5.74) is 11.2. The maximum atomic E-state index is 5.92. The molecule has 0 bridgehead atoms. The number of rotatable bonds is 2. The molecular formula is C14H15BrN2. The minimum absolute atomic E-state index is 0.742. The Bertz CT molecular complexity index is 550. The van der Waals surface area contributed by atoms with Crippen LogP contribution in [0.15, 0.2) is 40.9 Å². The molecule has 0 aliphatic rings. The second kappa shape index (κ2) is 4.80. The van der Waals surface area contributed by atoms with Gasteiger partial charge in [-0.1, -0.05) is 22.0 Å². The van der Waals surface area contributed by atoms with Crippen LogP contribution in [0.3, 0.4) is 0 Å². The monoisotopic (exact) mass is 290 g/mol. The van der Waals surface area contributed by atoms with Gasteiger partial charge in [-0.2, -0.15) is 0 Å². The molecule has 3 N–H and O–H groups in total. The third kappa shape index (κ3) is 2.80. The lowest BCUT2D eigenvalue weighted by Gasteiger charge is -2.11. The molecule has 2 aromatic carbocycles. The molecule has 0 fully saturated rings. The van der Waals surface area contributed by atoms with Crippen molar-refractivity contribution in [1.82, 2.24) is 0 Å². The summed E-state index contributed by atoms with van der Waals surface area (Å²) in [4.78, 5) is 0. The number of aryl methyl sites for hydroxylation is 2. The zero-order valence-electron chi connectivity index (χ0n) is 9.92. The van der Waals surface area contributed by atoms with E-state index in [4.69, 9.17) is 5.73 Å². The van der Waals surface area contributed by atoms with Crippen LogP contribution in [0.2, 0.25) is 0 Å². The molecule has 0 aliphatic carbocycles. The average molecular weight is 291 g/mol. The second-order valence-corrected chi connectivity index (χ2v) is 5.07. The lowest BCUT2D eigenvalue weighted by atomic mass is 10.1. The van der Waals surface area contributed by atoms with Crippen molar-refractivity contribution in [2.75, 3.05) is 11.1 Å². The molecule has 2 rings (SSSR count). The van der Waals surface area contributed by atoms with Gasteiger partial charge in [-0.25, -0.2) is 0 Å². The van der Waals surface area contributed by atoms with E-state index in [1.54, 1.807) is 0 Å². The van der Waals surface area contributed by atoms with Gasteiger partial charge in [-0.15, -0.1) is 0 Å². The zero-order chi connectivity index (χ0) is 12.4. The average Bonchev–Trinajstić information content (AvgIpc) is 2.29. The van der Waals surface area contributed by atoms with E-state index < -0.39 is 0 Å². The molecule has 0 saturated carbocycles. The Morgan fingerprint density at radius 1 is 1.00 bits per heavy atom. The van der Waals surface area contributed by atoms with E-state index in [2.05, 4.69) is 53.3 Å². The van der Waals surface area contributed by atoms with E-state index >= 15 is 0 Å². The minimum atomic E-state index is 0.742. The molecule has 0 saturated heterocycles. The van der Waals surface area contributed by atoms with Gasteiger partial charge in [0, 0.05) is 10.2 Å². The highest BCUT2D eigenvalue weighted by Gasteiger charge is 2.01. The number of hydrogen-bond donors (Lipinski definition) is 2. The third-order valence-corrected chi connectivity index (χ3v) is 3.29. The third-order valence-electron chi connectivity index (χ3n) is 2.80. The number of halogens is 1. The largest absolute Gasteiger partial charge is 0.397 e. The van der Waals surface area contributed by atoms with E-state index in [1.807, 2.05) is 18.2 Å². The molecule has 88 valence electrons. The van der Waals surface area contributed by atoms with Crippen LogP contribution in [-0.2, 0) is 0 Å². The molecule has 0 unspecified atom stereocenters. The van der Waals surface area contributed by atoms with Crippen molar-refractivity contribution >= 4 is 33.0 Å². The summed E-state index contributed by atoms with van der Waals surface area (Å²) < 4.78 is 1.01. The lowest BCUT2D eigenvalue weighted by Crippen LogP contribution is -1.96. The lowest BCUT2D eigenvalue weighted by molar-refractivity contribution is 1.34. The van der Waals surface area contributed by atoms with Crippen LogP contribution in [0.5, 0.6) is 0 Å². The summed E-state index contributed by atoms with van der Waals surface area (Å²) in [7, 11) is 0. The molecule has 0 heterocycles. The fourth-order valence-electron chi connectivity index (χ4n) is 1.61. The van der Waals surface area contributed by atoms with E-state index in [0.29, 0.717) is 0 Å². The molecule has 0 atom stereocenters. The minimum Gasteiger partial charge on any atom is -0.397 e. The number of hydrogen-bond acceptors (Lipinski definition) is 2. The molecule has 0 aromatic heterocycles. The van der Waals surface area contributed by atoms with E-state index in [9.17, 15) is 0 Å². The Morgan fingerprint density at radius 2 is 1.76 bits per heavy atom. The summed E-state index contributed by atoms with van der Waals surface area (Å²) in [6.45, 7) is 4.21. The summed E-state index contributed by atoms with van der Waals surface area (Å²) in [6, 6.07) is 12.1. The highest BCUT2D eigenvalue weighted by Crippen LogP contribution is 2.27. The van der Waals surface area contributed by atoms with Crippen LogP contribution in [0.25, 0.3) is 0 Å². The summed E-state index contributed by atoms with van der Waals surface area (Å²) in [6.07, 6.45) is 0. The summed E-state index contributed by atoms with van der Waals surface area (Å²) >= 11 is 3.44. The topological polar surface area (TPSA) is 38.0 Å². The predicted octanol–water partition coefficient (Wildman–Crippen LogP) is 4.39.